The van der Waals surface area contributed by atoms with Gasteiger partial charge < -0.3 is 4.74 Å². The minimum absolute atomic E-state index is 0.209. The van der Waals surface area contributed by atoms with Crippen LogP contribution < -0.4 is 4.74 Å². The van der Waals surface area contributed by atoms with Gasteiger partial charge in [-0.25, -0.2) is 0 Å². The summed E-state index contributed by atoms with van der Waals surface area (Å²) in [7, 11) is 0. The van der Waals surface area contributed by atoms with Gasteiger partial charge in [0, 0.05) is 11.8 Å². The Balaban J connectivity index is 1.94. The minimum atomic E-state index is -0.670. The van der Waals surface area contributed by atoms with Crippen LogP contribution in [-0.2, 0) is 9.59 Å². The highest BCUT2D eigenvalue weighted by Gasteiger charge is 2.73. The normalized spacial score (nSPS) is 32.3. The van der Waals surface area contributed by atoms with Crippen LogP contribution in [0.15, 0.2) is 18.2 Å². The van der Waals surface area contributed by atoms with Gasteiger partial charge >= 0.3 is 5.97 Å². The van der Waals surface area contributed by atoms with Gasteiger partial charge in [-0.1, -0.05) is 26.8 Å². The van der Waals surface area contributed by atoms with Crippen molar-refractivity contribution in [1.29, 1.82) is 0 Å². The van der Waals surface area contributed by atoms with E-state index in [1.54, 1.807) is 0 Å². The number of rotatable bonds is 2. The topological polar surface area (TPSA) is 43.4 Å². The summed E-state index contributed by atoms with van der Waals surface area (Å²) in [5.41, 5.74) is 0.717. The number of carbonyl (C=O) groups excluding carboxylic acids is 2. The molecule has 2 aliphatic carbocycles. The summed E-state index contributed by atoms with van der Waals surface area (Å²) >= 11 is 0. The second kappa shape index (κ2) is 4.43. The number of esters is 1. The second-order valence-corrected chi connectivity index (χ2v) is 7.85. The van der Waals surface area contributed by atoms with Crippen LogP contribution in [0.3, 0.4) is 0 Å². The predicted octanol–water partition coefficient (Wildman–Crippen LogP) is 3.99. The summed E-state index contributed by atoms with van der Waals surface area (Å²) in [6, 6.07) is 5.80. The number of ether oxygens (including phenoxy) is 1. The molecule has 3 heteroatoms. The number of hydrogen-bond donors (Lipinski definition) is 0. The highest BCUT2D eigenvalue weighted by atomic mass is 16.5. The average Bonchev–Trinajstić information content (AvgIpc) is 2.67. The summed E-state index contributed by atoms with van der Waals surface area (Å²) in [6.07, 6.45) is 1.84. The van der Waals surface area contributed by atoms with Crippen molar-refractivity contribution in [3.05, 3.63) is 29.3 Å². The second-order valence-electron chi connectivity index (χ2n) is 7.85. The van der Waals surface area contributed by atoms with E-state index < -0.39 is 10.8 Å². The van der Waals surface area contributed by atoms with Crippen LogP contribution in [0.25, 0.3) is 0 Å². The lowest BCUT2D eigenvalue weighted by atomic mass is 9.65. The Bertz CT molecular complexity index is 653. The molecule has 3 rings (SSSR count). The minimum Gasteiger partial charge on any atom is -0.426 e. The molecule has 1 aromatic carbocycles. The quantitative estimate of drug-likeness (QED) is 0.612. The monoisotopic (exact) mass is 300 g/mol. The number of fused-ring (bicyclic) bond motifs is 2. The summed E-state index contributed by atoms with van der Waals surface area (Å²) < 4.78 is 5.72. The first-order chi connectivity index (χ1) is 10.1. The van der Waals surface area contributed by atoms with E-state index >= 15 is 0 Å². The van der Waals surface area contributed by atoms with Gasteiger partial charge in [0.15, 0.2) is 0 Å². The summed E-state index contributed by atoms with van der Waals surface area (Å²) in [5, 5.41) is 0. The Morgan fingerprint density at radius 1 is 1.05 bits per heavy atom. The van der Waals surface area contributed by atoms with E-state index in [1.165, 1.54) is 0 Å². The first-order valence-corrected chi connectivity index (χ1v) is 7.96. The van der Waals surface area contributed by atoms with E-state index in [-0.39, 0.29) is 17.2 Å². The molecular weight excluding hydrogens is 276 g/mol. The first-order valence-electron chi connectivity index (χ1n) is 7.96. The smallest absolute Gasteiger partial charge is 0.318 e. The highest BCUT2D eigenvalue weighted by molar-refractivity contribution is 5.98. The van der Waals surface area contributed by atoms with Crippen molar-refractivity contribution < 1.29 is 14.3 Å². The molecule has 22 heavy (non-hydrogen) atoms. The number of ketones is 1. The lowest BCUT2D eigenvalue weighted by molar-refractivity contribution is -0.151. The molecule has 2 fully saturated rings. The maximum absolute atomic E-state index is 12.9. The molecule has 2 saturated carbocycles. The molecule has 0 unspecified atom stereocenters. The Labute approximate surface area is 132 Å². The Hall–Kier alpha value is -1.64. The zero-order valence-corrected chi connectivity index (χ0v) is 14.1. The van der Waals surface area contributed by atoms with Gasteiger partial charge in [0.25, 0.3) is 0 Å². The van der Waals surface area contributed by atoms with Crippen LogP contribution in [-0.4, -0.2) is 11.8 Å². The zero-order valence-electron chi connectivity index (χ0n) is 14.1. The van der Waals surface area contributed by atoms with Crippen LogP contribution in [0.4, 0.5) is 0 Å². The molecule has 2 atom stereocenters. The molecule has 1 aromatic rings. The highest BCUT2D eigenvalue weighted by Crippen LogP contribution is 2.70. The molecule has 0 aliphatic heterocycles. The first kappa shape index (κ1) is 15.3. The van der Waals surface area contributed by atoms with Gasteiger partial charge in [0.1, 0.15) is 11.5 Å². The van der Waals surface area contributed by atoms with Crippen LogP contribution in [0, 0.1) is 30.1 Å². The van der Waals surface area contributed by atoms with Crippen LogP contribution in [0.2, 0.25) is 0 Å². The number of aryl methyl sites for hydroxylation is 2. The number of hydrogen-bond acceptors (Lipinski definition) is 3. The van der Waals surface area contributed by atoms with Crippen LogP contribution in [0.1, 0.15) is 51.2 Å². The molecule has 3 nitrogen and oxygen atoms in total. The standard InChI is InChI=1S/C19H24O3/c1-12-8-13(2)10-14(9-12)22-16(21)19-7-6-18(5,15(20)11-19)17(19,3)4/h8-10H,6-7,11H2,1-5H3/t18-,19+/m0/s1. The fraction of sp³-hybridized carbons (Fsp3) is 0.579. The molecule has 0 saturated heterocycles. The summed E-state index contributed by atoms with van der Waals surface area (Å²) in [4.78, 5) is 25.4. The Morgan fingerprint density at radius 2 is 1.64 bits per heavy atom. The van der Waals surface area contributed by atoms with Gasteiger partial charge in [0.05, 0.1) is 5.41 Å². The van der Waals surface area contributed by atoms with Gasteiger partial charge in [-0.05, 0) is 55.4 Å². The van der Waals surface area contributed by atoms with Crippen molar-refractivity contribution in [3.8, 4) is 5.75 Å². The van der Waals surface area contributed by atoms with E-state index in [9.17, 15) is 9.59 Å². The lowest BCUT2D eigenvalue weighted by Crippen LogP contribution is -2.42. The largest absolute Gasteiger partial charge is 0.426 e. The number of carbonyl (C=O) groups is 2. The fourth-order valence-corrected chi connectivity index (χ4v) is 4.51. The molecule has 0 spiro atoms. The van der Waals surface area contributed by atoms with Gasteiger partial charge in [-0.15, -0.1) is 0 Å². The third-order valence-electron chi connectivity index (χ3n) is 6.50. The maximum Gasteiger partial charge on any atom is 0.318 e. The molecule has 2 aliphatic rings. The molecule has 0 N–H and O–H groups in total. The van der Waals surface area contributed by atoms with Gasteiger partial charge in [0.2, 0.25) is 0 Å². The number of Topliss-reactive ketones (excluding diaryl/α,β-unsaturated/α-hetero) is 1. The van der Waals surface area contributed by atoms with E-state index in [1.807, 2.05) is 52.8 Å². The molecule has 0 aromatic heterocycles. The number of benzene rings is 1. The molecule has 118 valence electrons. The van der Waals surface area contributed by atoms with Gasteiger partial charge in [-0.3, -0.25) is 9.59 Å². The van der Waals surface area contributed by atoms with Crippen molar-refractivity contribution in [2.75, 3.05) is 0 Å². The molecule has 0 amide bonds. The van der Waals surface area contributed by atoms with Crippen molar-refractivity contribution in [1.82, 2.24) is 0 Å². The van der Waals surface area contributed by atoms with E-state index in [0.29, 0.717) is 12.2 Å². The van der Waals surface area contributed by atoms with E-state index in [2.05, 4.69) is 0 Å². The molecule has 0 radical (unpaired) electrons. The Morgan fingerprint density at radius 3 is 2.09 bits per heavy atom. The summed E-state index contributed by atoms with van der Waals surface area (Å²) in [5.74, 6) is 0.554. The van der Waals surface area contributed by atoms with Crippen LogP contribution >= 0.6 is 0 Å². The third-order valence-corrected chi connectivity index (χ3v) is 6.50. The summed E-state index contributed by atoms with van der Waals surface area (Å²) in [6.45, 7) is 10.1. The lowest BCUT2D eigenvalue weighted by Gasteiger charge is -2.37. The Kier molecular flexibility index (Phi) is 3.08. The molecular formula is C19H24O3. The fourth-order valence-electron chi connectivity index (χ4n) is 4.51. The third kappa shape index (κ3) is 1.74. The molecule has 2 bridgehead atoms. The van der Waals surface area contributed by atoms with Crippen molar-refractivity contribution in [2.45, 2.75) is 53.9 Å². The predicted molar refractivity (Wildman–Crippen MR) is 84.7 cm³/mol. The SMILES string of the molecule is Cc1cc(C)cc(OC(=O)[C@@]23CC[C@@](C)(C(=O)C2)C3(C)C)c1. The van der Waals surface area contributed by atoms with E-state index in [4.69, 9.17) is 4.74 Å². The van der Waals surface area contributed by atoms with Crippen molar-refractivity contribution in [3.63, 3.8) is 0 Å². The van der Waals surface area contributed by atoms with E-state index in [0.717, 1.165) is 24.0 Å². The van der Waals surface area contributed by atoms with Crippen LogP contribution in [0.5, 0.6) is 5.75 Å². The van der Waals surface area contributed by atoms with Crippen molar-refractivity contribution in [2.24, 2.45) is 16.2 Å². The average molecular weight is 300 g/mol. The van der Waals surface area contributed by atoms with Crippen molar-refractivity contribution >= 4 is 11.8 Å². The molecule has 0 heterocycles. The zero-order chi connectivity index (χ0) is 16.3. The maximum atomic E-state index is 12.9. The van der Waals surface area contributed by atoms with Gasteiger partial charge in [-0.2, -0.15) is 0 Å².